The van der Waals surface area contributed by atoms with Gasteiger partial charge in [-0.1, -0.05) is 20.8 Å². The molecule has 0 unspecified atom stereocenters. The number of halogens is 4. The molecule has 106 valence electrons. The van der Waals surface area contributed by atoms with Crippen LogP contribution in [0.25, 0.3) is 0 Å². The molecule has 1 amide bonds. The van der Waals surface area contributed by atoms with Gasteiger partial charge in [0.1, 0.15) is 5.82 Å². The van der Waals surface area contributed by atoms with Crippen molar-refractivity contribution in [2.45, 2.75) is 33.4 Å². The van der Waals surface area contributed by atoms with Crippen LogP contribution in [0.1, 0.15) is 32.8 Å². The van der Waals surface area contributed by atoms with E-state index in [2.05, 4.69) is 5.32 Å². The maximum Gasteiger partial charge on any atom is 0.416 e. The van der Waals surface area contributed by atoms with Gasteiger partial charge in [-0.05, 0) is 23.6 Å². The monoisotopic (exact) mass is 277 g/mol. The van der Waals surface area contributed by atoms with Gasteiger partial charge < -0.3 is 5.32 Å². The summed E-state index contributed by atoms with van der Waals surface area (Å²) >= 11 is 0. The summed E-state index contributed by atoms with van der Waals surface area (Å²) in [6.45, 7) is 5.40. The van der Waals surface area contributed by atoms with Crippen LogP contribution in [0, 0.1) is 11.2 Å². The third-order valence-corrected chi connectivity index (χ3v) is 2.26. The van der Waals surface area contributed by atoms with Crippen molar-refractivity contribution in [1.29, 1.82) is 0 Å². The maximum atomic E-state index is 13.4. The van der Waals surface area contributed by atoms with E-state index in [0.29, 0.717) is 18.2 Å². The van der Waals surface area contributed by atoms with Crippen molar-refractivity contribution in [2.24, 2.45) is 5.41 Å². The average Bonchev–Trinajstić information content (AvgIpc) is 2.16. The minimum absolute atomic E-state index is 0.0860. The zero-order valence-electron chi connectivity index (χ0n) is 10.9. The van der Waals surface area contributed by atoms with E-state index in [4.69, 9.17) is 0 Å². The Bertz CT molecular complexity index is 475. The Balaban J connectivity index is 2.92. The number of carbonyl (C=O) groups is 1. The Morgan fingerprint density at radius 3 is 2.26 bits per heavy atom. The van der Waals surface area contributed by atoms with Gasteiger partial charge in [0.05, 0.1) is 11.3 Å². The average molecular weight is 277 g/mol. The minimum Gasteiger partial charge on any atom is -0.324 e. The highest BCUT2D eigenvalue weighted by molar-refractivity contribution is 5.91. The normalized spacial score (nSPS) is 12.4. The molecule has 6 heteroatoms. The molecule has 0 atom stereocenters. The second kappa shape index (κ2) is 5.19. The summed E-state index contributed by atoms with van der Waals surface area (Å²) in [4.78, 5) is 11.6. The first-order valence-corrected chi connectivity index (χ1v) is 5.66. The molecule has 19 heavy (non-hydrogen) atoms. The highest BCUT2D eigenvalue weighted by atomic mass is 19.4. The summed E-state index contributed by atoms with van der Waals surface area (Å²) in [6.07, 6.45) is -4.49. The number of rotatable bonds is 2. The third kappa shape index (κ3) is 4.89. The van der Waals surface area contributed by atoms with E-state index in [1.165, 1.54) is 0 Å². The molecule has 1 N–H and O–H groups in total. The van der Waals surface area contributed by atoms with E-state index < -0.39 is 29.2 Å². The molecule has 0 heterocycles. The predicted molar refractivity (Wildman–Crippen MR) is 64.1 cm³/mol. The highest BCUT2D eigenvalue weighted by Crippen LogP contribution is 2.32. The minimum atomic E-state index is -4.57. The molecule has 0 bridgehead atoms. The van der Waals surface area contributed by atoms with Crippen LogP contribution >= 0.6 is 0 Å². The molecule has 0 aliphatic rings. The van der Waals surface area contributed by atoms with E-state index in [1.54, 1.807) is 20.8 Å². The van der Waals surface area contributed by atoms with Gasteiger partial charge in [0.25, 0.3) is 0 Å². The Hall–Kier alpha value is -1.59. The molecule has 0 spiro atoms. The predicted octanol–water partition coefficient (Wildman–Crippen LogP) is 4.22. The van der Waals surface area contributed by atoms with Crippen molar-refractivity contribution >= 4 is 11.6 Å². The SMILES string of the molecule is CC(C)(C)CC(=O)Nc1cc(C(F)(F)F)ccc1F. The molecule has 1 aromatic carbocycles. The smallest absolute Gasteiger partial charge is 0.324 e. The topological polar surface area (TPSA) is 29.1 Å². The molecule has 0 aliphatic heterocycles. The summed E-state index contributed by atoms with van der Waals surface area (Å²) in [7, 11) is 0. The van der Waals surface area contributed by atoms with Crippen LogP contribution in [0.2, 0.25) is 0 Å². The Morgan fingerprint density at radius 2 is 1.79 bits per heavy atom. The molecular formula is C13H15F4NO. The molecule has 0 aliphatic carbocycles. The van der Waals surface area contributed by atoms with Crippen molar-refractivity contribution in [3.63, 3.8) is 0 Å². The lowest BCUT2D eigenvalue weighted by molar-refractivity contribution is -0.137. The largest absolute Gasteiger partial charge is 0.416 e. The summed E-state index contributed by atoms with van der Waals surface area (Å²) in [6, 6.07) is 1.92. The second-order valence-corrected chi connectivity index (χ2v) is 5.48. The van der Waals surface area contributed by atoms with Gasteiger partial charge in [0.15, 0.2) is 0 Å². The molecule has 0 radical (unpaired) electrons. The number of hydrogen-bond acceptors (Lipinski definition) is 1. The standard InChI is InChI=1S/C13H15F4NO/c1-12(2,3)7-11(19)18-10-6-8(13(15,16)17)4-5-9(10)14/h4-6H,7H2,1-3H3,(H,18,19). The first kappa shape index (κ1) is 15.5. The lowest BCUT2D eigenvalue weighted by Gasteiger charge is -2.18. The Morgan fingerprint density at radius 1 is 1.21 bits per heavy atom. The molecule has 2 nitrogen and oxygen atoms in total. The van der Waals surface area contributed by atoms with Crippen LogP contribution < -0.4 is 5.32 Å². The molecule has 0 fully saturated rings. The first-order chi connectivity index (χ1) is 8.49. The number of carbonyl (C=O) groups excluding carboxylic acids is 1. The van der Waals surface area contributed by atoms with Gasteiger partial charge in [0, 0.05) is 6.42 Å². The van der Waals surface area contributed by atoms with Gasteiger partial charge in [-0.25, -0.2) is 4.39 Å². The fraction of sp³-hybridized carbons (Fsp3) is 0.462. The lowest BCUT2D eigenvalue weighted by atomic mass is 9.92. The van der Waals surface area contributed by atoms with E-state index in [-0.39, 0.29) is 11.8 Å². The molecule has 0 saturated heterocycles. The zero-order chi connectivity index (χ0) is 14.8. The zero-order valence-corrected chi connectivity index (χ0v) is 10.9. The molecule has 1 rings (SSSR count). The fourth-order valence-electron chi connectivity index (χ4n) is 1.47. The third-order valence-electron chi connectivity index (χ3n) is 2.26. The van der Waals surface area contributed by atoms with Crippen LogP contribution in [0.4, 0.5) is 23.2 Å². The molecule has 1 aromatic rings. The Labute approximate surface area is 108 Å². The number of amides is 1. The van der Waals surface area contributed by atoms with Gasteiger partial charge in [-0.3, -0.25) is 4.79 Å². The van der Waals surface area contributed by atoms with Crippen LogP contribution in [-0.4, -0.2) is 5.91 Å². The summed E-state index contributed by atoms with van der Waals surface area (Å²) in [5.41, 5.74) is -1.79. The van der Waals surface area contributed by atoms with E-state index in [9.17, 15) is 22.4 Å². The van der Waals surface area contributed by atoms with Gasteiger partial charge in [-0.15, -0.1) is 0 Å². The maximum absolute atomic E-state index is 13.4. The number of nitrogens with one attached hydrogen (secondary N) is 1. The number of benzene rings is 1. The Kier molecular flexibility index (Phi) is 4.22. The van der Waals surface area contributed by atoms with Crippen LogP contribution in [-0.2, 0) is 11.0 Å². The van der Waals surface area contributed by atoms with Crippen molar-refractivity contribution in [2.75, 3.05) is 5.32 Å². The number of hydrogen-bond donors (Lipinski definition) is 1. The highest BCUT2D eigenvalue weighted by Gasteiger charge is 2.31. The summed E-state index contributed by atoms with van der Waals surface area (Å²) in [5.74, 6) is -1.42. The van der Waals surface area contributed by atoms with E-state index in [1.807, 2.05) is 0 Å². The second-order valence-electron chi connectivity index (χ2n) is 5.48. The summed E-state index contributed by atoms with van der Waals surface area (Å²) in [5, 5.41) is 2.17. The van der Waals surface area contributed by atoms with Crippen molar-refractivity contribution in [1.82, 2.24) is 0 Å². The van der Waals surface area contributed by atoms with Crippen molar-refractivity contribution in [3.8, 4) is 0 Å². The van der Waals surface area contributed by atoms with Crippen molar-refractivity contribution in [3.05, 3.63) is 29.6 Å². The van der Waals surface area contributed by atoms with E-state index >= 15 is 0 Å². The number of anilines is 1. The van der Waals surface area contributed by atoms with Gasteiger partial charge >= 0.3 is 6.18 Å². The fourth-order valence-corrected chi connectivity index (χ4v) is 1.47. The lowest BCUT2D eigenvalue weighted by Crippen LogP contribution is -2.20. The quantitative estimate of drug-likeness (QED) is 0.806. The number of alkyl halides is 3. The molecule has 0 saturated carbocycles. The molecule has 0 aromatic heterocycles. The van der Waals surface area contributed by atoms with Crippen LogP contribution in [0.3, 0.4) is 0 Å². The summed E-state index contributed by atoms with van der Waals surface area (Å²) < 4.78 is 50.8. The molecular weight excluding hydrogens is 262 g/mol. The van der Waals surface area contributed by atoms with Crippen molar-refractivity contribution < 1.29 is 22.4 Å². The van der Waals surface area contributed by atoms with Gasteiger partial charge in [-0.2, -0.15) is 13.2 Å². The van der Waals surface area contributed by atoms with Crippen LogP contribution in [0.5, 0.6) is 0 Å². The van der Waals surface area contributed by atoms with Crippen LogP contribution in [0.15, 0.2) is 18.2 Å². The van der Waals surface area contributed by atoms with E-state index in [0.717, 1.165) is 0 Å². The van der Waals surface area contributed by atoms with Gasteiger partial charge in [0.2, 0.25) is 5.91 Å². The first-order valence-electron chi connectivity index (χ1n) is 5.66.